The molecule has 0 amide bonds. The fourth-order valence-electron chi connectivity index (χ4n) is 1.70. The van der Waals surface area contributed by atoms with E-state index >= 15 is 0 Å². The zero-order valence-electron chi connectivity index (χ0n) is 10.7. The number of hydrogen-bond acceptors (Lipinski definition) is 5. The summed E-state index contributed by atoms with van der Waals surface area (Å²) in [6.45, 7) is 2.31. The first-order chi connectivity index (χ1) is 9.11. The predicted molar refractivity (Wildman–Crippen MR) is 70.4 cm³/mol. The Bertz CT molecular complexity index is 592. The summed E-state index contributed by atoms with van der Waals surface area (Å²) in [5.41, 5.74) is 1.41. The van der Waals surface area contributed by atoms with E-state index in [1.165, 1.54) is 13.2 Å². The third-order valence-corrected chi connectivity index (χ3v) is 2.81. The average Bonchev–Trinajstić information content (AvgIpc) is 2.81. The lowest BCUT2D eigenvalue weighted by atomic mass is 10.2. The lowest BCUT2D eigenvalue weighted by Crippen LogP contribution is -2.03. The molecular formula is C13H14N2O4. The maximum atomic E-state index is 11.0. The second-order valence-electron chi connectivity index (χ2n) is 4.02. The molecule has 100 valence electrons. The number of ether oxygens (including phenoxy) is 1. The van der Waals surface area contributed by atoms with Gasteiger partial charge in [0.2, 0.25) is 0 Å². The van der Waals surface area contributed by atoms with Crippen molar-refractivity contribution in [2.24, 2.45) is 0 Å². The Morgan fingerprint density at radius 3 is 2.79 bits per heavy atom. The van der Waals surface area contributed by atoms with Crippen LogP contribution in [0.15, 0.2) is 34.9 Å². The topological polar surface area (TPSA) is 77.5 Å². The summed E-state index contributed by atoms with van der Waals surface area (Å²) in [7, 11) is 1.47. The van der Waals surface area contributed by atoms with Crippen LogP contribution in [0.2, 0.25) is 0 Å². The third-order valence-electron chi connectivity index (χ3n) is 2.81. The van der Waals surface area contributed by atoms with Gasteiger partial charge in [-0.15, -0.1) is 0 Å². The number of furan rings is 1. The van der Waals surface area contributed by atoms with E-state index in [-0.39, 0.29) is 5.69 Å². The first-order valence-electron chi connectivity index (χ1n) is 5.71. The van der Waals surface area contributed by atoms with Crippen molar-refractivity contribution >= 4 is 11.4 Å². The Kier molecular flexibility index (Phi) is 3.70. The summed E-state index contributed by atoms with van der Waals surface area (Å²) in [6.07, 6.45) is 1.59. The van der Waals surface area contributed by atoms with E-state index in [0.717, 1.165) is 11.3 Å². The Morgan fingerprint density at radius 2 is 2.21 bits per heavy atom. The van der Waals surface area contributed by atoms with Crippen molar-refractivity contribution in [2.75, 3.05) is 12.4 Å². The lowest BCUT2D eigenvalue weighted by molar-refractivity contribution is -0.384. The van der Waals surface area contributed by atoms with Crippen LogP contribution >= 0.6 is 0 Å². The maximum absolute atomic E-state index is 11.0. The zero-order valence-corrected chi connectivity index (χ0v) is 10.7. The van der Waals surface area contributed by atoms with E-state index < -0.39 is 4.92 Å². The molecule has 0 radical (unpaired) electrons. The Morgan fingerprint density at radius 1 is 1.42 bits per heavy atom. The van der Waals surface area contributed by atoms with Crippen molar-refractivity contribution in [3.05, 3.63) is 52.0 Å². The lowest BCUT2D eigenvalue weighted by Gasteiger charge is -2.07. The van der Waals surface area contributed by atoms with Crippen LogP contribution in [0.5, 0.6) is 5.75 Å². The number of rotatable bonds is 5. The van der Waals surface area contributed by atoms with Gasteiger partial charge < -0.3 is 14.5 Å². The predicted octanol–water partition coefficient (Wildman–Crippen LogP) is 3.12. The number of nitro groups is 1. The molecule has 1 heterocycles. The van der Waals surface area contributed by atoms with Crippen molar-refractivity contribution in [1.82, 2.24) is 0 Å². The van der Waals surface area contributed by atoms with Gasteiger partial charge in [-0.3, -0.25) is 10.1 Å². The highest BCUT2D eigenvalue weighted by Crippen LogP contribution is 2.29. The van der Waals surface area contributed by atoms with Crippen molar-refractivity contribution in [2.45, 2.75) is 13.5 Å². The van der Waals surface area contributed by atoms with Crippen LogP contribution in [0.25, 0.3) is 0 Å². The smallest absolute Gasteiger partial charge is 0.296 e. The molecule has 19 heavy (non-hydrogen) atoms. The van der Waals surface area contributed by atoms with Crippen LogP contribution in [0.1, 0.15) is 11.3 Å². The number of nitro benzene ring substituents is 1. The number of hydrogen-bond donors (Lipinski definition) is 1. The highest BCUT2D eigenvalue weighted by molar-refractivity contribution is 5.63. The van der Waals surface area contributed by atoms with Crippen LogP contribution in [0, 0.1) is 17.0 Å². The summed E-state index contributed by atoms with van der Waals surface area (Å²) in [4.78, 5) is 10.6. The van der Waals surface area contributed by atoms with Crippen LogP contribution in [0.4, 0.5) is 11.4 Å². The standard InChI is InChI=1S/C13H14N2O4/c1-9-5-6-19-13(9)8-14-11-4-3-10(18-2)7-12(11)15(16)17/h3-7,14H,8H2,1-2H3. The minimum atomic E-state index is -0.445. The minimum Gasteiger partial charge on any atom is -0.496 e. The quantitative estimate of drug-likeness (QED) is 0.661. The fraction of sp³-hybridized carbons (Fsp3) is 0.231. The van der Waals surface area contributed by atoms with Gasteiger partial charge in [-0.25, -0.2) is 0 Å². The maximum Gasteiger partial charge on any atom is 0.296 e. The molecule has 2 aromatic rings. The van der Waals surface area contributed by atoms with Crippen molar-refractivity contribution in [3.63, 3.8) is 0 Å². The van der Waals surface area contributed by atoms with Crippen molar-refractivity contribution in [1.29, 1.82) is 0 Å². The number of nitrogens with zero attached hydrogens (tertiary/aromatic N) is 1. The first kappa shape index (κ1) is 12.9. The zero-order chi connectivity index (χ0) is 13.8. The van der Waals surface area contributed by atoms with Gasteiger partial charge in [0.15, 0.2) is 0 Å². The van der Waals surface area contributed by atoms with Gasteiger partial charge in [0.05, 0.1) is 30.9 Å². The normalized spacial score (nSPS) is 10.2. The molecule has 1 aromatic heterocycles. The average molecular weight is 262 g/mol. The molecular weight excluding hydrogens is 248 g/mol. The van der Waals surface area contributed by atoms with E-state index in [1.54, 1.807) is 18.4 Å². The SMILES string of the molecule is COc1ccc(NCc2occc2C)c([N+](=O)[O-])c1. The van der Waals surface area contributed by atoms with Gasteiger partial charge >= 0.3 is 0 Å². The van der Waals surface area contributed by atoms with Crippen LogP contribution in [-0.4, -0.2) is 12.0 Å². The van der Waals surface area contributed by atoms with Crippen LogP contribution in [-0.2, 0) is 6.54 Å². The molecule has 0 aliphatic heterocycles. The van der Waals surface area contributed by atoms with Gasteiger partial charge in [0.1, 0.15) is 17.2 Å². The molecule has 0 unspecified atom stereocenters. The minimum absolute atomic E-state index is 0.0245. The number of nitrogens with one attached hydrogen (secondary N) is 1. The van der Waals surface area contributed by atoms with Crippen molar-refractivity contribution < 1.29 is 14.1 Å². The second-order valence-corrected chi connectivity index (χ2v) is 4.02. The summed E-state index contributed by atoms with van der Waals surface area (Å²) < 4.78 is 10.3. The molecule has 6 heteroatoms. The molecule has 0 aliphatic rings. The van der Waals surface area contributed by atoms with Gasteiger partial charge in [-0.05, 0) is 30.7 Å². The molecule has 0 spiro atoms. The third kappa shape index (κ3) is 2.85. The largest absolute Gasteiger partial charge is 0.496 e. The van der Waals surface area contributed by atoms with E-state index in [9.17, 15) is 10.1 Å². The van der Waals surface area contributed by atoms with Gasteiger partial charge in [-0.1, -0.05) is 0 Å². The number of anilines is 1. The highest BCUT2D eigenvalue weighted by Gasteiger charge is 2.15. The molecule has 6 nitrogen and oxygen atoms in total. The molecule has 0 saturated carbocycles. The number of benzene rings is 1. The van der Waals surface area contributed by atoms with Gasteiger partial charge in [-0.2, -0.15) is 0 Å². The van der Waals surface area contributed by atoms with E-state index in [1.807, 2.05) is 13.0 Å². The van der Waals surface area contributed by atoms with Gasteiger partial charge in [0.25, 0.3) is 5.69 Å². The monoisotopic (exact) mass is 262 g/mol. The molecule has 0 atom stereocenters. The molecule has 0 saturated heterocycles. The second kappa shape index (κ2) is 5.43. The van der Waals surface area contributed by atoms with Crippen molar-refractivity contribution in [3.8, 4) is 5.75 Å². The number of aryl methyl sites for hydroxylation is 1. The molecule has 0 aliphatic carbocycles. The fourth-order valence-corrected chi connectivity index (χ4v) is 1.70. The summed E-state index contributed by atoms with van der Waals surface area (Å²) in [6, 6.07) is 6.52. The summed E-state index contributed by atoms with van der Waals surface area (Å²) in [5, 5.41) is 14.0. The number of methoxy groups -OCH3 is 1. The molecule has 1 N–H and O–H groups in total. The Balaban J connectivity index is 2.20. The summed E-state index contributed by atoms with van der Waals surface area (Å²) in [5.74, 6) is 1.21. The summed E-state index contributed by atoms with van der Waals surface area (Å²) >= 11 is 0. The first-order valence-corrected chi connectivity index (χ1v) is 5.71. The van der Waals surface area contributed by atoms with E-state index in [2.05, 4.69) is 5.32 Å². The van der Waals surface area contributed by atoms with Gasteiger partial charge in [0, 0.05) is 0 Å². The highest BCUT2D eigenvalue weighted by atomic mass is 16.6. The molecule has 1 aromatic carbocycles. The Labute approximate surface area is 110 Å². The molecule has 0 bridgehead atoms. The van der Waals surface area contributed by atoms with E-state index in [4.69, 9.17) is 9.15 Å². The van der Waals surface area contributed by atoms with E-state index in [0.29, 0.717) is 18.0 Å². The molecule has 0 fully saturated rings. The van der Waals surface area contributed by atoms with Crippen LogP contribution in [0.3, 0.4) is 0 Å². The Hall–Kier alpha value is -2.50. The van der Waals surface area contributed by atoms with Crippen LogP contribution < -0.4 is 10.1 Å². The molecule has 2 rings (SSSR count).